The molecule has 27 heavy (non-hydrogen) atoms. The average Bonchev–Trinajstić information content (AvgIpc) is 3.13. The van der Waals surface area contributed by atoms with E-state index in [0.29, 0.717) is 0 Å². The molecule has 2 heterocycles. The van der Waals surface area contributed by atoms with Gasteiger partial charge in [0.05, 0.1) is 29.4 Å². The quantitative estimate of drug-likeness (QED) is 0.615. The van der Waals surface area contributed by atoms with Crippen LogP contribution in [0.4, 0.5) is 5.69 Å². The molecule has 0 radical (unpaired) electrons. The summed E-state index contributed by atoms with van der Waals surface area (Å²) in [5.74, 6) is -0.317. The average molecular weight is 391 g/mol. The molecule has 1 N–H and O–H groups in total. The van der Waals surface area contributed by atoms with Gasteiger partial charge in [0.1, 0.15) is 0 Å². The fourth-order valence-corrected chi connectivity index (χ4v) is 5.18. The second kappa shape index (κ2) is 7.64. The summed E-state index contributed by atoms with van der Waals surface area (Å²) in [7, 11) is 0. The van der Waals surface area contributed by atoms with Crippen molar-refractivity contribution in [1.82, 2.24) is 5.32 Å². The van der Waals surface area contributed by atoms with Gasteiger partial charge in [0.2, 0.25) is 5.54 Å². The summed E-state index contributed by atoms with van der Waals surface area (Å²) in [5, 5.41) is 4.19. The zero-order chi connectivity index (χ0) is 19.7. The Morgan fingerprint density at radius 2 is 1.81 bits per heavy atom. The maximum Gasteiger partial charge on any atom is 0.338 e. The van der Waals surface area contributed by atoms with Crippen LogP contribution >= 0.6 is 11.8 Å². The zero-order valence-electron chi connectivity index (χ0n) is 16.2. The topological polar surface area (TPSA) is 77.0 Å². The number of nitrogens with zero attached hydrogens (tertiary/aromatic N) is 1. The first-order valence-corrected chi connectivity index (χ1v) is 10.4. The van der Waals surface area contributed by atoms with Gasteiger partial charge in [0, 0.05) is 12.5 Å². The van der Waals surface area contributed by atoms with Gasteiger partial charge in [0.15, 0.2) is 0 Å². The van der Waals surface area contributed by atoms with Crippen molar-refractivity contribution in [1.29, 1.82) is 0 Å². The van der Waals surface area contributed by atoms with E-state index < -0.39 is 22.9 Å². The van der Waals surface area contributed by atoms with Crippen LogP contribution in [0.5, 0.6) is 0 Å². The van der Waals surface area contributed by atoms with E-state index >= 15 is 0 Å². The molecule has 7 heteroatoms. The number of aliphatic imine (C=N–C) groups is 1. The van der Waals surface area contributed by atoms with Gasteiger partial charge in [-0.2, -0.15) is 0 Å². The minimum atomic E-state index is -1.53. The third-order valence-corrected chi connectivity index (χ3v) is 6.28. The lowest BCUT2D eigenvalue weighted by Gasteiger charge is -2.31. The molecule has 2 atom stereocenters. The second-order valence-corrected chi connectivity index (χ2v) is 7.98. The second-order valence-electron chi connectivity index (χ2n) is 6.73. The molecule has 3 rings (SSSR count). The monoisotopic (exact) mass is 390 g/mol. The van der Waals surface area contributed by atoms with Gasteiger partial charge in [-0.05, 0) is 38.2 Å². The Morgan fingerprint density at radius 1 is 1.19 bits per heavy atom. The van der Waals surface area contributed by atoms with Gasteiger partial charge < -0.3 is 9.47 Å². The summed E-state index contributed by atoms with van der Waals surface area (Å²) in [4.78, 5) is 30.7. The molecular formula is C20H26N2O4S. The van der Waals surface area contributed by atoms with Gasteiger partial charge in [-0.1, -0.05) is 25.1 Å². The Bertz CT molecular complexity index is 761. The predicted octanol–water partition coefficient (Wildman–Crippen LogP) is 2.97. The SMILES string of the molecule is CCOC(=O)C1(C(=O)OCC)C[C@@]2(C(SCC)=Nc3ccccc32)[C@H](C)N1. The van der Waals surface area contributed by atoms with E-state index in [1.54, 1.807) is 25.6 Å². The summed E-state index contributed by atoms with van der Waals surface area (Å²) in [6.45, 7) is 7.93. The highest BCUT2D eigenvalue weighted by atomic mass is 32.2. The van der Waals surface area contributed by atoms with E-state index in [9.17, 15) is 9.59 Å². The number of para-hydroxylation sites is 1. The molecule has 1 spiro atoms. The van der Waals surface area contributed by atoms with Crippen molar-refractivity contribution in [3.63, 3.8) is 0 Å². The lowest BCUT2D eigenvalue weighted by atomic mass is 9.73. The smallest absolute Gasteiger partial charge is 0.338 e. The molecule has 0 aromatic heterocycles. The van der Waals surface area contributed by atoms with E-state index in [4.69, 9.17) is 14.5 Å². The van der Waals surface area contributed by atoms with Gasteiger partial charge in [-0.15, -0.1) is 11.8 Å². The normalized spacial score (nSPS) is 25.2. The van der Waals surface area contributed by atoms with Gasteiger partial charge in [-0.3, -0.25) is 5.32 Å². The van der Waals surface area contributed by atoms with Crippen molar-refractivity contribution >= 4 is 34.4 Å². The van der Waals surface area contributed by atoms with E-state index in [-0.39, 0.29) is 25.7 Å². The summed E-state index contributed by atoms with van der Waals surface area (Å²) >= 11 is 1.65. The summed E-state index contributed by atoms with van der Waals surface area (Å²) in [5.41, 5.74) is -0.156. The molecular weight excluding hydrogens is 364 g/mol. The van der Waals surface area contributed by atoms with E-state index in [2.05, 4.69) is 12.2 Å². The van der Waals surface area contributed by atoms with Crippen molar-refractivity contribution in [2.75, 3.05) is 19.0 Å². The number of benzene rings is 1. The van der Waals surface area contributed by atoms with Crippen molar-refractivity contribution in [3.8, 4) is 0 Å². The minimum Gasteiger partial charge on any atom is -0.464 e. The molecule has 0 aliphatic carbocycles. The predicted molar refractivity (Wildman–Crippen MR) is 107 cm³/mol. The maximum absolute atomic E-state index is 12.9. The van der Waals surface area contributed by atoms with Crippen molar-refractivity contribution < 1.29 is 19.1 Å². The Labute approximate surface area is 164 Å². The third-order valence-electron chi connectivity index (χ3n) is 5.26. The van der Waals surface area contributed by atoms with Crippen LogP contribution in [0, 0.1) is 0 Å². The van der Waals surface area contributed by atoms with Crippen LogP contribution in [-0.2, 0) is 24.5 Å². The highest BCUT2D eigenvalue weighted by molar-refractivity contribution is 8.14. The number of hydrogen-bond acceptors (Lipinski definition) is 7. The van der Waals surface area contributed by atoms with Gasteiger partial charge in [0.25, 0.3) is 0 Å². The number of nitrogens with one attached hydrogen (secondary N) is 1. The molecule has 0 bridgehead atoms. The fraction of sp³-hybridized carbons (Fsp3) is 0.550. The van der Waals surface area contributed by atoms with Crippen LogP contribution in [-0.4, -0.2) is 47.5 Å². The number of fused-ring (bicyclic) bond motifs is 2. The van der Waals surface area contributed by atoms with Crippen LogP contribution in [0.25, 0.3) is 0 Å². The zero-order valence-corrected chi connectivity index (χ0v) is 17.0. The van der Waals surface area contributed by atoms with Crippen LogP contribution in [0.15, 0.2) is 29.3 Å². The molecule has 0 unspecified atom stereocenters. The number of ether oxygens (including phenoxy) is 2. The van der Waals surface area contributed by atoms with E-state index in [0.717, 1.165) is 22.0 Å². The lowest BCUT2D eigenvalue weighted by molar-refractivity contribution is -0.165. The number of hydrogen-bond donors (Lipinski definition) is 1. The van der Waals surface area contributed by atoms with Crippen LogP contribution < -0.4 is 5.32 Å². The largest absolute Gasteiger partial charge is 0.464 e. The van der Waals surface area contributed by atoms with Crippen LogP contribution in [0.2, 0.25) is 0 Å². The summed E-state index contributed by atoms with van der Waals surface area (Å²) in [6.07, 6.45) is 0.238. The number of thioether (sulfide) groups is 1. The highest BCUT2D eigenvalue weighted by Crippen LogP contribution is 2.53. The van der Waals surface area contributed by atoms with Crippen LogP contribution in [0.3, 0.4) is 0 Å². The standard InChI is InChI=1S/C20H26N2O4S/c1-5-25-17(23)20(18(24)26-6-2)12-19(13(4)22-20)14-10-8-9-11-15(14)21-16(19)27-7-3/h8-11,13,22H,5-7,12H2,1-4H3/t13-,19+/m0/s1. The molecule has 0 amide bonds. The van der Waals surface area contributed by atoms with Gasteiger partial charge >= 0.3 is 11.9 Å². The van der Waals surface area contributed by atoms with E-state index in [1.165, 1.54) is 0 Å². The Hall–Kier alpha value is -1.86. The highest BCUT2D eigenvalue weighted by Gasteiger charge is 2.66. The van der Waals surface area contributed by atoms with Gasteiger partial charge in [-0.25, -0.2) is 14.6 Å². The Balaban J connectivity index is 2.12. The first kappa shape index (κ1) is 19.9. The van der Waals surface area contributed by atoms with Crippen molar-refractivity contribution in [2.24, 2.45) is 4.99 Å². The molecule has 1 fully saturated rings. The molecule has 146 valence electrons. The molecule has 1 aromatic carbocycles. The molecule has 2 aliphatic rings. The molecule has 6 nitrogen and oxygen atoms in total. The molecule has 1 saturated heterocycles. The fourth-order valence-electron chi connectivity index (χ4n) is 4.13. The summed E-state index contributed by atoms with van der Waals surface area (Å²) in [6, 6.07) is 7.74. The summed E-state index contributed by atoms with van der Waals surface area (Å²) < 4.78 is 10.6. The number of carbonyl (C=O) groups excluding carboxylic acids is 2. The van der Waals surface area contributed by atoms with Crippen molar-refractivity contribution in [3.05, 3.63) is 29.8 Å². The third kappa shape index (κ3) is 2.97. The maximum atomic E-state index is 12.9. The van der Waals surface area contributed by atoms with Crippen LogP contribution in [0.1, 0.15) is 39.7 Å². The lowest BCUT2D eigenvalue weighted by Crippen LogP contribution is -2.57. The number of carbonyl (C=O) groups is 2. The number of esters is 2. The Morgan fingerprint density at radius 3 is 2.41 bits per heavy atom. The number of rotatable bonds is 5. The van der Waals surface area contributed by atoms with Crippen molar-refractivity contribution in [2.45, 2.75) is 51.1 Å². The minimum absolute atomic E-state index is 0.187. The molecule has 2 aliphatic heterocycles. The molecule has 0 saturated carbocycles. The molecule has 1 aromatic rings. The van der Waals surface area contributed by atoms with E-state index in [1.807, 2.05) is 31.2 Å². The Kier molecular flexibility index (Phi) is 5.63. The first-order chi connectivity index (χ1) is 13.0. The first-order valence-electron chi connectivity index (χ1n) is 9.39.